The van der Waals surface area contributed by atoms with Crippen LogP contribution in [-0.4, -0.2) is 110 Å². The van der Waals surface area contributed by atoms with Crippen LogP contribution < -0.4 is 9.80 Å². The monoisotopic (exact) mass is 1110 g/mol. The van der Waals surface area contributed by atoms with Crippen LogP contribution in [0, 0.1) is 5.92 Å². The predicted octanol–water partition coefficient (Wildman–Crippen LogP) is 9.25. The van der Waals surface area contributed by atoms with Crippen LogP contribution in [0.1, 0.15) is 110 Å². The second-order valence-electron chi connectivity index (χ2n) is 21.5. The number of hydrogen-bond acceptors (Lipinski definition) is 11. The van der Waals surface area contributed by atoms with Gasteiger partial charge in [0.15, 0.2) is 0 Å². The van der Waals surface area contributed by atoms with Crippen molar-refractivity contribution in [3.05, 3.63) is 119 Å². The molecule has 0 radical (unpaired) electrons. The van der Waals surface area contributed by atoms with Crippen LogP contribution in [0.3, 0.4) is 0 Å². The highest BCUT2D eigenvalue weighted by atomic mass is 32.2. The number of aliphatic carboxylic acids is 1. The molecule has 2 fully saturated rings. The number of fused-ring (bicyclic) bond motifs is 6. The number of allylic oxidation sites excluding steroid dienone is 8. The van der Waals surface area contributed by atoms with Crippen molar-refractivity contribution < 1.29 is 66.4 Å². The highest BCUT2D eigenvalue weighted by Gasteiger charge is 2.44. The van der Waals surface area contributed by atoms with Crippen molar-refractivity contribution in [2.24, 2.45) is 5.92 Å². The summed E-state index contributed by atoms with van der Waals surface area (Å²) in [6, 6.07) is 16.1. The van der Waals surface area contributed by atoms with Gasteiger partial charge < -0.3 is 14.9 Å². The molecule has 0 amide bonds. The number of carbonyl (C=O) groups is 1. The van der Waals surface area contributed by atoms with E-state index in [4.69, 9.17) is 0 Å². The first-order valence-corrected chi connectivity index (χ1v) is 31.0. The molecule has 0 spiro atoms. The van der Waals surface area contributed by atoms with E-state index in [0.29, 0.717) is 36.0 Å². The Morgan fingerprint density at radius 1 is 0.640 bits per heavy atom. The van der Waals surface area contributed by atoms with Crippen LogP contribution in [0.5, 0.6) is 0 Å². The normalized spacial score (nSPS) is 22.0. The Kier molecular flexibility index (Phi) is 15.4. The van der Waals surface area contributed by atoms with E-state index in [1.807, 2.05) is 49.6 Å². The van der Waals surface area contributed by atoms with Gasteiger partial charge in [0.2, 0.25) is 5.71 Å². The zero-order valence-electron chi connectivity index (χ0n) is 42.9. The molecule has 4 aliphatic rings. The lowest BCUT2D eigenvalue weighted by Crippen LogP contribution is -2.32. The van der Waals surface area contributed by atoms with Gasteiger partial charge in [0.25, 0.3) is 40.5 Å². The third-order valence-electron chi connectivity index (χ3n) is 15.9. The topological polar surface area (TPSA) is 264 Å². The summed E-state index contributed by atoms with van der Waals surface area (Å²) in [5, 5.41) is 9.86. The first-order valence-electron chi connectivity index (χ1n) is 25.1. The van der Waals surface area contributed by atoms with Crippen LogP contribution in [0.15, 0.2) is 117 Å². The molecule has 0 bridgehead atoms. The molecule has 8 rings (SSSR count). The van der Waals surface area contributed by atoms with Crippen LogP contribution in [0.25, 0.3) is 21.5 Å². The minimum Gasteiger partial charge on any atom is -0.481 e. The SMILES string of the molecule is CC(CCN1/C(=C/C=C2\CC/C(=C\C=C3\N(CCC(C)S(=O)(=O)O)c4ccc5cc(S(=O)(=O)O)ccc5c4C3(C)C)C2=[N+]2CCC(CCCC(=O)O)CC2)C(C)(C)c2c1ccc1cc(S(=O)(=O)O)ccc21)S(=O)(=O)O. The largest absolute Gasteiger partial charge is 0.481 e. The zero-order valence-corrected chi connectivity index (χ0v) is 46.2. The molecule has 21 heteroatoms. The minimum atomic E-state index is -4.49. The maximum absolute atomic E-state index is 12.3. The number of carboxylic acid groups (broad SMARTS) is 1. The van der Waals surface area contributed by atoms with Gasteiger partial charge in [0.1, 0.15) is 13.1 Å². The van der Waals surface area contributed by atoms with Crippen LogP contribution in [-0.2, 0) is 56.1 Å². The number of nitrogens with zero attached hydrogens (tertiary/aromatic N) is 3. The maximum Gasteiger partial charge on any atom is 0.303 e. The molecule has 404 valence electrons. The quantitative estimate of drug-likeness (QED) is 0.0517. The molecule has 75 heavy (non-hydrogen) atoms. The smallest absolute Gasteiger partial charge is 0.303 e. The molecule has 3 heterocycles. The Morgan fingerprint density at radius 2 is 1.05 bits per heavy atom. The van der Waals surface area contributed by atoms with Gasteiger partial charge in [-0.2, -0.15) is 33.7 Å². The zero-order chi connectivity index (χ0) is 54.8. The Morgan fingerprint density at radius 3 is 1.43 bits per heavy atom. The van der Waals surface area contributed by atoms with E-state index in [1.54, 1.807) is 24.3 Å². The van der Waals surface area contributed by atoms with E-state index >= 15 is 0 Å². The number of benzene rings is 4. The third-order valence-corrected chi connectivity index (χ3v) is 20.1. The summed E-state index contributed by atoms with van der Waals surface area (Å²) in [7, 11) is -17.7. The van der Waals surface area contributed by atoms with E-state index in [1.165, 1.54) is 38.1 Å². The lowest BCUT2D eigenvalue weighted by atomic mass is 9.81. The molecular weight excluding hydrogens is 1040 g/mol. The summed E-state index contributed by atoms with van der Waals surface area (Å²) >= 11 is 0. The third kappa shape index (κ3) is 11.4. The summed E-state index contributed by atoms with van der Waals surface area (Å²) in [6.07, 6.45) is 13.0. The van der Waals surface area contributed by atoms with E-state index in [0.717, 1.165) is 93.9 Å². The Balaban J connectivity index is 1.25. The average Bonchev–Trinajstić information content (AvgIpc) is 3.90. The lowest BCUT2D eigenvalue weighted by Gasteiger charge is -2.28. The molecule has 1 saturated heterocycles. The molecule has 4 aromatic rings. The van der Waals surface area contributed by atoms with Crippen molar-refractivity contribution >= 4 is 85.1 Å². The highest BCUT2D eigenvalue weighted by molar-refractivity contribution is 7.87. The second kappa shape index (κ2) is 20.6. The molecule has 2 unspecified atom stereocenters. The van der Waals surface area contributed by atoms with Crippen LogP contribution in [0.4, 0.5) is 11.4 Å². The first kappa shape index (κ1) is 56.0. The van der Waals surface area contributed by atoms with Gasteiger partial charge in [-0.05, 0) is 140 Å². The van der Waals surface area contributed by atoms with Gasteiger partial charge in [-0.1, -0.05) is 64.1 Å². The number of rotatable bonds is 16. The standard InChI is InChI=1S/C54H65N3O14S4/c1-34(72(60,61)62)24-30-56-45-20-12-39-32-41(74(66,67)68)16-18-43(39)50(45)53(3,4)47(56)22-14-37-10-11-38(52(37)55-28-26-36(27-29-55)8-7-9-49(58)59)15-23-48-54(5,6)51-44-19-17-42(75(69,70)71)33-40(44)13-21-46(51)57(48)31-25-35(2)73(63,64)65/h12-23,32-36H,7-11,24-31H2,1-6H3,(H4-,58,59,60,61,62,63,64,65,66,67,68,69,70,71)/p+1. The highest BCUT2D eigenvalue weighted by Crippen LogP contribution is 2.53. The summed E-state index contributed by atoms with van der Waals surface area (Å²) in [5.74, 6) is -0.466. The Bertz CT molecular complexity index is 3410. The molecule has 1 saturated carbocycles. The van der Waals surface area contributed by atoms with Gasteiger partial charge in [-0.15, -0.1) is 0 Å². The van der Waals surface area contributed by atoms with Crippen molar-refractivity contribution in [2.75, 3.05) is 36.0 Å². The molecule has 3 aliphatic heterocycles. The predicted molar refractivity (Wildman–Crippen MR) is 290 cm³/mol. The van der Waals surface area contributed by atoms with E-state index in [-0.39, 0.29) is 42.1 Å². The van der Waals surface area contributed by atoms with Crippen molar-refractivity contribution in [1.29, 1.82) is 0 Å². The van der Waals surface area contributed by atoms with Gasteiger partial charge >= 0.3 is 5.97 Å². The molecule has 17 nitrogen and oxygen atoms in total. The van der Waals surface area contributed by atoms with E-state index in [9.17, 15) is 61.8 Å². The second-order valence-corrected chi connectivity index (χ2v) is 28.0. The fourth-order valence-electron chi connectivity index (χ4n) is 11.7. The molecule has 5 N–H and O–H groups in total. The number of hydrogen-bond donors (Lipinski definition) is 5. The summed E-state index contributed by atoms with van der Waals surface area (Å²) in [5.41, 5.74) is 6.69. The maximum atomic E-state index is 12.3. The van der Waals surface area contributed by atoms with Crippen LogP contribution in [0.2, 0.25) is 0 Å². The van der Waals surface area contributed by atoms with Crippen molar-refractivity contribution in [2.45, 2.75) is 130 Å². The number of anilines is 2. The fraction of sp³-hybridized carbons (Fsp3) is 0.444. The van der Waals surface area contributed by atoms with Gasteiger partial charge in [0.05, 0.1) is 20.3 Å². The summed E-state index contributed by atoms with van der Waals surface area (Å²) in [4.78, 5) is 15.0. The lowest BCUT2D eigenvalue weighted by molar-refractivity contribution is -0.540. The average molecular weight is 1110 g/mol. The van der Waals surface area contributed by atoms with Gasteiger partial charge in [-0.3, -0.25) is 23.0 Å². The van der Waals surface area contributed by atoms with Crippen molar-refractivity contribution in [3.8, 4) is 0 Å². The van der Waals surface area contributed by atoms with Gasteiger partial charge in [-0.25, -0.2) is 4.58 Å². The Hall–Kier alpha value is -5.26. The van der Waals surface area contributed by atoms with Crippen molar-refractivity contribution in [1.82, 2.24) is 0 Å². The molecule has 4 aromatic carbocycles. The van der Waals surface area contributed by atoms with Crippen LogP contribution >= 0.6 is 0 Å². The first-order chi connectivity index (χ1) is 34.9. The number of carboxylic acids is 1. The van der Waals surface area contributed by atoms with E-state index < -0.39 is 67.8 Å². The molecular formula is C54H66N3O14S4+. The van der Waals surface area contributed by atoms with E-state index in [2.05, 4.69) is 28.9 Å². The summed E-state index contributed by atoms with van der Waals surface area (Å²) in [6.45, 7) is 13.0. The summed E-state index contributed by atoms with van der Waals surface area (Å²) < 4.78 is 140. The Labute approximate surface area is 440 Å². The molecule has 0 aromatic heterocycles. The molecule has 1 aliphatic carbocycles. The van der Waals surface area contributed by atoms with Crippen molar-refractivity contribution in [3.63, 3.8) is 0 Å². The molecule has 2 atom stereocenters. The fourth-order valence-corrected chi connectivity index (χ4v) is 13.5. The number of piperidine rings is 1. The minimum absolute atomic E-state index is 0.0929. The van der Waals surface area contributed by atoms with Gasteiger partial charge in [0, 0.05) is 77.1 Å².